The van der Waals surface area contributed by atoms with Crippen LogP contribution < -0.4 is 15.4 Å². The van der Waals surface area contributed by atoms with Crippen LogP contribution in [0.4, 0.5) is 16.4 Å². The molecule has 0 aliphatic heterocycles. The van der Waals surface area contributed by atoms with Crippen molar-refractivity contribution in [1.82, 2.24) is 20.2 Å². The number of hydrogen-bond acceptors (Lipinski definition) is 5. The molecule has 1 aliphatic carbocycles. The highest BCUT2D eigenvalue weighted by Gasteiger charge is 2.35. The first-order valence-corrected chi connectivity index (χ1v) is 8.09. The molecule has 128 valence electrons. The van der Waals surface area contributed by atoms with Crippen LogP contribution in [0.1, 0.15) is 38.8 Å². The molecule has 1 fully saturated rings. The van der Waals surface area contributed by atoms with Gasteiger partial charge >= 0.3 is 6.03 Å². The van der Waals surface area contributed by atoms with E-state index in [0.29, 0.717) is 41.9 Å². The molecule has 2 aromatic heterocycles. The van der Waals surface area contributed by atoms with Gasteiger partial charge in [-0.2, -0.15) is 5.10 Å². The van der Waals surface area contributed by atoms with Gasteiger partial charge in [0.15, 0.2) is 5.82 Å². The number of ether oxygens (including phenoxy) is 1. The number of hydrogen-bond donors (Lipinski definition) is 3. The first-order chi connectivity index (χ1) is 11.5. The largest absolute Gasteiger partial charge is 0.477 e. The number of nitrogens with zero attached hydrogens (tertiary/aromatic N) is 3. The molecule has 0 bridgehead atoms. The summed E-state index contributed by atoms with van der Waals surface area (Å²) in [7, 11) is 0. The lowest BCUT2D eigenvalue weighted by molar-refractivity contribution is 0.260. The van der Waals surface area contributed by atoms with Gasteiger partial charge in [0, 0.05) is 23.7 Å². The Bertz CT molecular complexity index is 714. The molecule has 3 rings (SSSR count). The average Bonchev–Trinajstić information content (AvgIpc) is 3.08. The Morgan fingerprint density at radius 3 is 2.79 bits per heavy atom. The van der Waals surface area contributed by atoms with E-state index in [0.717, 1.165) is 12.1 Å². The van der Waals surface area contributed by atoms with Gasteiger partial charge in [0.25, 0.3) is 0 Å². The number of rotatable bonds is 6. The minimum absolute atomic E-state index is 0.368. The average molecular weight is 330 g/mol. The molecule has 2 amide bonds. The van der Waals surface area contributed by atoms with Crippen molar-refractivity contribution in [1.29, 1.82) is 0 Å². The molecule has 1 aliphatic rings. The summed E-state index contributed by atoms with van der Waals surface area (Å²) in [4.78, 5) is 20.1. The zero-order chi connectivity index (χ0) is 17.1. The lowest BCUT2D eigenvalue weighted by Crippen LogP contribution is -2.20. The summed E-state index contributed by atoms with van der Waals surface area (Å²) in [5, 5.41) is 12.4. The molecule has 8 nitrogen and oxygen atoms in total. The summed E-state index contributed by atoms with van der Waals surface area (Å²) in [5.74, 6) is 2.89. The van der Waals surface area contributed by atoms with Crippen molar-refractivity contribution in [3.05, 3.63) is 24.2 Å². The number of urea groups is 1. The number of nitrogens with one attached hydrogen (secondary N) is 3. The summed E-state index contributed by atoms with van der Waals surface area (Å²) < 4.78 is 5.51. The van der Waals surface area contributed by atoms with E-state index >= 15 is 0 Å². The van der Waals surface area contributed by atoms with Crippen molar-refractivity contribution in [2.24, 2.45) is 11.8 Å². The number of aromatic amines is 1. The molecule has 0 saturated heterocycles. The maximum absolute atomic E-state index is 12.0. The Hall–Kier alpha value is -2.64. The van der Waals surface area contributed by atoms with Crippen molar-refractivity contribution in [3.8, 4) is 5.88 Å². The third kappa shape index (κ3) is 4.21. The standard InChI is InChI=1S/C16H22N6O2/c1-9(2)7-24-15-6-13(17-8-18-15)19-16(23)20-14-5-12(21-22-14)11-4-10(11)3/h5-6,8-11H,4,7H2,1-3H3,(H3,17,18,19,20,21,22,23). The number of aromatic nitrogens is 4. The van der Waals surface area contributed by atoms with Crippen LogP contribution in [0.2, 0.25) is 0 Å². The fourth-order valence-corrected chi connectivity index (χ4v) is 2.35. The summed E-state index contributed by atoms with van der Waals surface area (Å²) in [6.45, 7) is 6.85. The lowest BCUT2D eigenvalue weighted by Gasteiger charge is -2.09. The van der Waals surface area contributed by atoms with E-state index in [2.05, 4.69) is 37.7 Å². The second-order valence-corrected chi connectivity index (χ2v) is 6.55. The number of carbonyl (C=O) groups excluding carboxylic acids is 1. The summed E-state index contributed by atoms with van der Waals surface area (Å²) in [6.07, 6.45) is 2.51. The molecular formula is C16H22N6O2. The predicted octanol–water partition coefficient (Wildman–Crippen LogP) is 3.00. The normalized spacial score (nSPS) is 19.2. The highest BCUT2D eigenvalue weighted by Crippen LogP contribution is 2.46. The molecular weight excluding hydrogens is 308 g/mol. The van der Waals surface area contributed by atoms with E-state index in [9.17, 15) is 4.79 Å². The van der Waals surface area contributed by atoms with E-state index in [1.165, 1.54) is 6.33 Å². The minimum atomic E-state index is -0.412. The molecule has 2 atom stereocenters. The van der Waals surface area contributed by atoms with Crippen LogP contribution in [-0.4, -0.2) is 32.8 Å². The monoisotopic (exact) mass is 330 g/mol. The Morgan fingerprint density at radius 1 is 1.33 bits per heavy atom. The Kier molecular flexibility index (Phi) is 4.64. The van der Waals surface area contributed by atoms with Gasteiger partial charge in [-0.05, 0) is 18.3 Å². The van der Waals surface area contributed by atoms with Crippen LogP contribution in [0.25, 0.3) is 0 Å². The zero-order valence-electron chi connectivity index (χ0n) is 14.0. The highest BCUT2D eigenvalue weighted by molar-refractivity contribution is 5.98. The summed E-state index contributed by atoms with van der Waals surface area (Å²) in [5.41, 5.74) is 1.06. The van der Waals surface area contributed by atoms with Gasteiger partial charge < -0.3 is 4.74 Å². The number of amides is 2. The van der Waals surface area contributed by atoms with E-state index in [1.54, 1.807) is 6.07 Å². The maximum Gasteiger partial charge on any atom is 0.326 e. The molecule has 3 N–H and O–H groups in total. The fraction of sp³-hybridized carbons (Fsp3) is 0.500. The lowest BCUT2D eigenvalue weighted by atomic mass is 10.2. The third-order valence-corrected chi connectivity index (χ3v) is 3.80. The molecule has 2 unspecified atom stereocenters. The predicted molar refractivity (Wildman–Crippen MR) is 90.1 cm³/mol. The van der Waals surface area contributed by atoms with Gasteiger partial charge in [-0.1, -0.05) is 20.8 Å². The molecule has 8 heteroatoms. The highest BCUT2D eigenvalue weighted by atomic mass is 16.5. The molecule has 0 radical (unpaired) electrons. The second kappa shape index (κ2) is 6.86. The number of carbonyl (C=O) groups is 1. The smallest absolute Gasteiger partial charge is 0.326 e. The zero-order valence-corrected chi connectivity index (χ0v) is 14.0. The Morgan fingerprint density at radius 2 is 2.08 bits per heavy atom. The first-order valence-electron chi connectivity index (χ1n) is 8.09. The van der Waals surface area contributed by atoms with E-state index in [-0.39, 0.29) is 0 Å². The van der Waals surface area contributed by atoms with Gasteiger partial charge in [0.05, 0.1) is 6.61 Å². The van der Waals surface area contributed by atoms with Gasteiger partial charge in [0.1, 0.15) is 12.1 Å². The van der Waals surface area contributed by atoms with Gasteiger partial charge in [-0.3, -0.25) is 15.7 Å². The van der Waals surface area contributed by atoms with Crippen LogP contribution in [0.15, 0.2) is 18.5 Å². The topological polar surface area (TPSA) is 105 Å². The van der Waals surface area contributed by atoms with Crippen molar-refractivity contribution < 1.29 is 9.53 Å². The molecule has 2 aromatic rings. The molecule has 1 saturated carbocycles. The van der Waals surface area contributed by atoms with E-state index in [1.807, 2.05) is 19.9 Å². The van der Waals surface area contributed by atoms with Crippen LogP contribution in [0.5, 0.6) is 5.88 Å². The molecule has 24 heavy (non-hydrogen) atoms. The molecule has 0 aromatic carbocycles. The van der Waals surface area contributed by atoms with E-state index in [4.69, 9.17) is 4.74 Å². The molecule has 2 heterocycles. The summed E-state index contributed by atoms with van der Waals surface area (Å²) in [6, 6.07) is 3.04. The SMILES string of the molecule is CC(C)COc1cc(NC(=O)Nc2cc(C3CC3C)[nH]n2)ncn1. The molecule has 0 spiro atoms. The van der Waals surface area contributed by atoms with Gasteiger partial charge in [-0.15, -0.1) is 0 Å². The quantitative estimate of drug-likeness (QED) is 0.755. The van der Waals surface area contributed by atoms with Crippen molar-refractivity contribution in [3.63, 3.8) is 0 Å². The Balaban J connectivity index is 1.54. The maximum atomic E-state index is 12.0. The minimum Gasteiger partial charge on any atom is -0.477 e. The number of H-pyrrole nitrogens is 1. The van der Waals surface area contributed by atoms with Crippen molar-refractivity contribution >= 4 is 17.7 Å². The van der Waals surface area contributed by atoms with Crippen molar-refractivity contribution in [2.75, 3.05) is 17.2 Å². The van der Waals surface area contributed by atoms with Crippen LogP contribution in [-0.2, 0) is 0 Å². The van der Waals surface area contributed by atoms with Gasteiger partial charge in [-0.25, -0.2) is 14.8 Å². The van der Waals surface area contributed by atoms with Crippen LogP contribution >= 0.6 is 0 Å². The number of anilines is 2. The van der Waals surface area contributed by atoms with Crippen LogP contribution in [0, 0.1) is 11.8 Å². The van der Waals surface area contributed by atoms with Crippen LogP contribution in [0.3, 0.4) is 0 Å². The Labute approximate surface area is 140 Å². The summed E-state index contributed by atoms with van der Waals surface area (Å²) >= 11 is 0. The van der Waals surface area contributed by atoms with Gasteiger partial charge in [0.2, 0.25) is 5.88 Å². The third-order valence-electron chi connectivity index (χ3n) is 3.80. The van der Waals surface area contributed by atoms with Crippen molar-refractivity contribution in [2.45, 2.75) is 33.1 Å². The first kappa shape index (κ1) is 16.2. The fourth-order valence-electron chi connectivity index (χ4n) is 2.35. The van der Waals surface area contributed by atoms with E-state index < -0.39 is 6.03 Å². The second-order valence-electron chi connectivity index (χ2n) is 6.55.